The summed E-state index contributed by atoms with van der Waals surface area (Å²) in [6.07, 6.45) is 15.2. The molecule has 2 saturated heterocycles. The van der Waals surface area contributed by atoms with Gasteiger partial charge in [0.25, 0.3) is 0 Å². The zero-order valence-electron chi connectivity index (χ0n) is 29.9. The number of piperidine rings is 1. The standard InChI is InChI=1S/C39H67NO6/c1-30(2)32-26-39-12-9-35-37(3,29-40-13-6-5-7-14-40)10-8-11-38(35,4)36(39)25-31(32)33-27-45-23-21-43-19-17-41-15-16-42-18-20-44-22-24-46-28-34(33)39/h26,30-31,33-36H,5-25,27-29H2,1-4H3/t31-,33-,34-,35+,36-,37+,38+,39+/m1/s1. The molecule has 2 heterocycles. The Morgan fingerprint density at radius 3 is 1.89 bits per heavy atom. The largest absolute Gasteiger partial charge is 0.379 e. The van der Waals surface area contributed by atoms with Gasteiger partial charge in [-0.3, -0.25) is 0 Å². The van der Waals surface area contributed by atoms with Crippen molar-refractivity contribution in [2.45, 2.75) is 85.5 Å². The summed E-state index contributed by atoms with van der Waals surface area (Å²) in [5.41, 5.74) is 2.71. The van der Waals surface area contributed by atoms with Crippen LogP contribution in [0.3, 0.4) is 0 Å². The Kier molecular flexibility index (Phi) is 12.3. The molecule has 8 atom stereocenters. The van der Waals surface area contributed by atoms with Crippen LogP contribution >= 0.6 is 0 Å². The molecule has 5 fully saturated rings. The molecule has 0 amide bonds. The molecule has 5 aliphatic carbocycles. The summed E-state index contributed by atoms with van der Waals surface area (Å²) in [7, 11) is 0. The number of allylic oxidation sites excluding steroid dienone is 2. The lowest BCUT2D eigenvalue weighted by molar-refractivity contribution is -0.202. The van der Waals surface area contributed by atoms with Crippen molar-refractivity contribution in [3.63, 3.8) is 0 Å². The van der Waals surface area contributed by atoms with E-state index in [4.69, 9.17) is 28.4 Å². The van der Waals surface area contributed by atoms with Crippen molar-refractivity contribution in [1.82, 2.24) is 4.90 Å². The van der Waals surface area contributed by atoms with E-state index < -0.39 is 0 Å². The minimum atomic E-state index is 0.191. The zero-order valence-corrected chi connectivity index (χ0v) is 29.9. The van der Waals surface area contributed by atoms with Gasteiger partial charge < -0.3 is 33.3 Å². The van der Waals surface area contributed by atoms with Crippen molar-refractivity contribution in [2.75, 3.05) is 98.9 Å². The maximum Gasteiger partial charge on any atom is 0.0701 e. The van der Waals surface area contributed by atoms with E-state index >= 15 is 0 Å². The zero-order chi connectivity index (χ0) is 32.0. The van der Waals surface area contributed by atoms with Crippen molar-refractivity contribution in [3.8, 4) is 0 Å². The van der Waals surface area contributed by atoms with Gasteiger partial charge in [-0.05, 0) is 110 Å². The minimum absolute atomic E-state index is 0.191. The van der Waals surface area contributed by atoms with Gasteiger partial charge in [-0.25, -0.2) is 0 Å². The maximum absolute atomic E-state index is 6.59. The van der Waals surface area contributed by atoms with E-state index in [1.54, 1.807) is 5.57 Å². The molecule has 0 aromatic heterocycles. The summed E-state index contributed by atoms with van der Waals surface area (Å²) in [4.78, 5) is 2.84. The summed E-state index contributed by atoms with van der Waals surface area (Å²) in [5, 5.41) is 0. The fourth-order valence-electron chi connectivity index (χ4n) is 11.8. The molecule has 0 radical (unpaired) electrons. The molecular formula is C39H67NO6. The molecule has 0 aromatic carbocycles. The number of fused-ring (bicyclic) bond motifs is 1. The molecule has 3 saturated carbocycles. The van der Waals surface area contributed by atoms with Crippen LogP contribution in [0, 0.1) is 51.8 Å². The van der Waals surface area contributed by atoms with Crippen LogP contribution in [-0.2, 0) is 28.4 Å². The fraction of sp³-hybridized carbons (Fsp3) is 0.949. The van der Waals surface area contributed by atoms with Crippen LogP contribution < -0.4 is 0 Å². The van der Waals surface area contributed by atoms with Crippen molar-refractivity contribution in [2.24, 2.45) is 51.8 Å². The Bertz CT molecular complexity index is 984. The van der Waals surface area contributed by atoms with E-state index in [1.807, 2.05) is 0 Å². The first-order valence-electron chi connectivity index (χ1n) is 19.3. The summed E-state index contributed by atoms with van der Waals surface area (Å²) in [6, 6.07) is 0. The van der Waals surface area contributed by atoms with Gasteiger partial charge in [0, 0.05) is 6.54 Å². The van der Waals surface area contributed by atoms with Gasteiger partial charge in [0.1, 0.15) is 0 Å². The highest BCUT2D eigenvalue weighted by molar-refractivity contribution is 5.31. The third kappa shape index (κ3) is 7.46. The molecular weight excluding hydrogens is 578 g/mol. The normalized spacial score (nSPS) is 42.8. The maximum atomic E-state index is 6.59. The van der Waals surface area contributed by atoms with Gasteiger partial charge in [0.05, 0.1) is 79.3 Å². The molecule has 7 heteroatoms. The van der Waals surface area contributed by atoms with Crippen LogP contribution in [0.4, 0.5) is 0 Å². The second kappa shape index (κ2) is 16.0. The Hall–Kier alpha value is -0.540. The van der Waals surface area contributed by atoms with Gasteiger partial charge in [-0.1, -0.05) is 52.2 Å². The summed E-state index contributed by atoms with van der Waals surface area (Å²) >= 11 is 0. The van der Waals surface area contributed by atoms with Gasteiger partial charge in [-0.15, -0.1) is 0 Å². The van der Waals surface area contributed by atoms with E-state index in [1.165, 1.54) is 77.4 Å². The van der Waals surface area contributed by atoms with E-state index in [9.17, 15) is 0 Å². The third-order valence-corrected chi connectivity index (χ3v) is 13.7. The Morgan fingerprint density at radius 2 is 1.28 bits per heavy atom. The highest BCUT2D eigenvalue weighted by Gasteiger charge is 2.67. The van der Waals surface area contributed by atoms with E-state index in [2.05, 4.69) is 38.7 Å². The number of ether oxygens (including phenoxy) is 6. The lowest BCUT2D eigenvalue weighted by Gasteiger charge is -2.70. The molecule has 264 valence electrons. The number of rotatable bonds is 3. The highest BCUT2D eigenvalue weighted by Crippen LogP contribution is 2.73. The Morgan fingerprint density at radius 1 is 0.696 bits per heavy atom. The second-order valence-electron chi connectivity index (χ2n) is 16.6. The number of hydrogen-bond donors (Lipinski definition) is 0. The van der Waals surface area contributed by atoms with Crippen molar-refractivity contribution >= 4 is 0 Å². The summed E-state index contributed by atoms with van der Waals surface area (Å²) in [5.74, 6) is 3.65. The SMILES string of the molecule is CC(C)C1=C[C@]23CC[C@H]4[C@](C)(CN5CCCCC5)CCC[C@]4(C)[C@H]2C[C@H]1[C@H]1COCCOCCOCCOCCOCCOC[C@H]13. The minimum Gasteiger partial charge on any atom is -0.379 e. The second-order valence-corrected chi connectivity index (χ2v) is 16.6. The molecule has 7 nitrogen and oxygen atoms in total. The number of hydrogen-bond acceptors (Lipinski definition) is 7. The highest BCUT2D eigenvalue weighted by atomic mass is 16.6. The fourth-order valence-corrected chi connectivity index (χ4v) is 11.8. The van der Waals surface area contributed by atoms with E-state index in [0.29, 0.717) is 101 Å². The first-order chi connectivity index (χ1) is 22.4. The molecule has 7 aliphatic rings. The Labute approximate surface area is 280 Å². The van der Waals surface area contributed by atoms with Crippen LogP contribution in [0.5, 0.6) is 0 Å². The van der Waals surface area contributed by atoms with Gasteiger partial charge in [0.15, 0.2) is 0 Å². The molecule has 2 bridgehead atoms. The molecule has 0 aromatic rings. The van der Waals surface area contributed by atoms with Crippen LogP contribution in [0.2, 0.25) is 0 Å². The van der Waals surface area contributed by atoms with Gasteiger partial charge >= 0.3 is 0 Å². The lowest BCUT2D eigenvalue weighted by Crippen LogP contribution is -2.65. The molecule has 46 heavy (non-hydrogen) atoms. The van der Waals surface area contributed by atoms with Crippen LogP contribution in [-0.4, -0.2) is 104 Å². The molecule has 0 unspecified atom stereocenters. The first kappa shape index (κ1) is 35.3. The summed E-state index contributed by atoms with van der Waals surface area (Å²) in [6.45, 7) is 21.9. The lowest BCUT2D eigenvalue weighted by atomic mass is 9.34. The van der Waals surface area contributed by atoms with Crippen molar-refractivity contribution < 1.29 is 28.4 Å². The quantitative estimate of drug-likeness (QED) is 0.319. The predicted octanol–water partition coefficient (Wildman–Crippen LogP) is 6.64. The Balaban J connectivity index is 1.24. The van der Waals surface area contributed by atoms with Gasteiger partial charge in [0.2, 0.25) is 0 Å². The molecule has 2 aliphatic heterocycles. The average molecular weight is 646 g/mol. The van der Waals surface area contributed by atoms with Crippen LogP contribution in [0.15, 0.2) is 11.6 Å². The predicted molar refractivity (Wildman–Crippen MR) is 182 cm³/mol. The molecule has 0 N–H and O–H groups in total. The smallest absolute Gasteiger partial charge is 0.0701 e. The monoisotopic (exact) mass is 645 g/mol. The number of nitrogens with zero attached hydrogens (tertiary/aromatic N) is 1. The van der Waals surface area contributed by atoms with E-state index in [0.717, 1.165) is 25.0 Å². The van der Waals surface area contributed by atoms with Crippen molar-refractivity contribution in [1.29, 1.82) is 0 Å². The first-order valence-corrected chi connectivity index (χ1v) is 19.3. The van der Waals surface area contributed by atoms with Crippen LogP contribution in [0.1, 0.15) is 85.5 Å². The number of likely N-dealkylation sites (tertiary alicyclic amines) is 1. The topological polar surface area (TPSA) is 58.6 Å². The van der Waals surface area contributed by atoms with Gasteiger partial charge in [-0.2, -0.15) is 0 Å². The van der Waals surface area contributed by atoms with Crippen molar-refractivity contribution in [3.05, 3.63) is 11.6 Å². The summed E-state index contributed by atoms with van der Waals surface area (Å²) < 4.78 is 36.1. The van der Waals surface area contributed by atoms with Crippen LogP contribution in [0.25, 0.3) is 0 Å². The van der Waals surface area contributed by atoms with E-state index in [-0.39, 0.29) is 5.41 Å². The molecule has 1 spiro atoms. The third-order valence-electron chi connectivity index (χ3n) is 13.7. The molecule has 7 rings (SSSR count). The average Bonchev–Trinajstić information content (AvgIpc) is 3.04.